The maximum absolute atomic E-state index is 12.1. The summed E-state index contributed by atoms with van der Waals surface area (Å²) >= 11 is 0. The molecule has 0 aliphatic carbocycles. The van der Waals surface area contributed by atoms with Gasteiger partial charge in [-0.1, -0.05) is 0 Å². The summed E-state index contributed by atoms with van der Waals surface area (Å²) in [4.78, 5) is 11.9. The number of carbonyl (C=O) groups excluding carboxylic acids is 1. The minimum Gasteiger partial charge on any atom is -0.491 e. The lowest BCUT2D eigenvalue weighted by atomic mass is 10.00. The highest BCUT2D eigenvalue weighted by Gasteiger charge is 2.19. The lowest BCUT2D eigenvalue weighted by molar-refractivity contribution is -0.118. The molecule has 1 aliphatic heterocycles. The molecule has 0 bridgehead atoms. The average molecular weight is 406 g/mol. The van der Waals surface area contributed by atoms with Gasteiger partial charge >= 0.3 is 0 Å². The van der Waals surface area contributed by atoms with Crippen LogP contribution in [0.4, 0.5) is 5.69 Å². The summed E-state index contributed by atoms with van der Waals surface area (Å²) in [6.07, 6.45) is 2.17. The maximum Gasteiger partial charge on any atom is 0.241 e. The lowest BCUT2D eigenvalue weighted by Crippen LogP contribution is -2.40. The number of hydrogen-bond donors (Lipinski definition) is 3. The molecule has 26 heavy (non-hydrogen) atoms. The van der Waals surface area contributed by atoms with E-state index in [1.165, 1.54) is 0 Å². The van der Waals surface area contributed by atoms with E-state index in [1.807, 2.05) is 13.8 Å². The third-order valence-corrected chi connectivity index (χ3v) is 5.00. The summed E-state index contributed by atoms with van der Waals surface area (Å²) in [5.41, 5.74) is 0.403. The van der Waals surface area contributed by atoms with Gasteiger partial charge in [0.25, 0.3) is 0 Å². The highest BCUT2D eigenvalue weighted by Crippen LogP contribution is 2.18. The van der Waals surface area contributed by atoms with E-state index in [0.717, 1.165) is 25.9 Å². The second-order valence-electron chi connectivity index (χ2n) is 6.57. The molecular formula is C17H28ClN3O4S. The van der Waals surface area contributed by atoms with Gasteiger partial charge in [-0.15, -0.1) is 12.4 Å². The third-order valence-electron chi connectivity index (χ3n) is 3.81. The fraction of sp³-hybridized carbons (Fsp3) is 0.588. The summed E-state index contributed by atoms with van der Waals surface area (Å²) in [6.45, 7) is 6.19. The highest BCUT2D eigenvalue weighted by molar-refractivity contribution is 7.93. The molecule has 1 aromatic rings. The van der Waals surface area contributed by atoms with Crippen molar-refractivity contribution >= 4 is 34.0 Å². The van der Waals surface area contributed by atoms with E-state index in [2.05, 4.69) is 15.4 Å². The molecule has 1 aromatic carbocycles. The first kappa shape index (κ1) is 22.5. The number of rotatable bonds is 8. The standard InChI is InChI=1S/C17H27N3O4S.ClH/c1-13(2)24-16-7-5-15(6-8-16)20-25(22,23)12-17(21)19-11-14-4-3-9-18-10-14;/h5-8,13-14,18,20H,3-4,9-12H2,1-2H3,(H,19,21);1H. The fourth-order valence-electron chi connectivity index (χ4n) is 2.67. The molecule has 0 saturated carbocycles. The summed E-state index contributed by atoms with van der Waals surface area (Å²) in [6, 6.07) is 6.60. The van der Waals surface area contributed by atoms with Crippen LogP contribution in [0, 0.1) is 5.92 Å². The smallest absolute Gasteiger partial charge is 0.241 e. The van der Waals surface area contributed by atoms with E-state index in [9.17, 15) is 13.2 Å². The molecule has 1 saturated heterocycles. The Hall–Kier alpha value is -1.51. The molecule has 1 aliphatic rings. The van der Waals surface area contributed by atoms with Crippen LogP contribution in [0.3, 0.4) is 0 Å². The van der Waals surface area contributed by atoms with Gasteiger partial charge in [0.1, 0.15) is 11.5 Å². The van der Waals surface area contributed by atoms with Gasteiger partial charge in [-0.2, -0.15) is 0 Å². The molecule has 1 unspecified atom stereocenters. The van der Waals surface area contributed by atoms with Crippen molar-refractivity contribution in [2.75, 3.05) is 30.1 Å². The van der Waals surface area contributed by atoms with Gasteiger partial charge in [0.05, 0.1) is 6.10 Å². The zero-order valence-corrected chi connectivity index (χ0v) is 16.8. The molecule has 1 heterocycles. The zero-order chi connectivity index (χ0) is 18.3. The van der Waals surface area contributed by atoms with Crippen molar-refractivity contribution < 1.29 is 17.9 Å². The minimum atomic E-state index is -3.74. The van der Waals surface area contributed by atoms with Crippen molar-refractivity contribution in [2.45, 2.75) is 32.8 Å². The van der Waals surface area contributed by atoms with Crippen LogP contribution in [-0.4, -0.2) is 45.8 Å². The largest absolute Gasteiger partial charge is 0.491 e. The second-order valence-corrected chi connectivity index (χ2v) is 8.29. The number of benzene rings is 1. The number of hydrogen-bond acceptors (Lipinski definition) is 5. The Kier molecular flexibility index (Phi) is 9.18. The summed E-state index contributed by atoms with van der Waals surface area (Å²) in [5.74, 6) is -0.0475. The van der Waals surface area contributed by atoms with Crippen molar-refractivity contribution in [1.29, 1.82) is 0 Å². The Labute approximate surface area is 161 Å². The number of amides is 1. The summed E-state index contributed by atoms with van der Waals surface area (Å²) in [5, 5.41) is 5.97. The predicted octanol–water partition coefficient (Wildman–Crippen LogP) is 1.75. The minimum absolute atomic E-state index is 0. The molecule has 1 atom stereocenters. The average Bonchev–Trinajstić information content (AvgIpc) is 2.54. The quantitative estimate of drug-likeness (QED) is 0.612. The van der Waals surface area contributed by atoms with E-state index in [4.69, 9.17) is 4.74 Å². The van der Waals surface area contributed by atoms with Gasteiger partial charge in [-0.25, -0.2) is 8.42 Å². The van der Waals surface area contributed by atoms with Crippen molar-refractivity contribution in [1.82, 2.24) is 10.6 Å². The first-order valence-electron chi connectivity index (χ1n) is 8.59. The monoisotopic (exact) mass is 405 g/mol. The van der Waals surface area contributed by atoms with E-state index in [-0.39, 0.29) is 18.5 Å². The number of carbonyl (C=O) groups is 1. The van der Waals surface area contributed by atoms with E-state index in [0.29, 0.717) is 23.9 Å². The SMILES string of the molecule is CC(C)Oc1ccc(NS(=O)(=O)CC(=O)NCC2CCCNC2)cc1.Cl. The summed E-state index contributed by atoms with van der Waals surface area (Å²) in [7, 11) is -3.74. The molecular weight excluding hydrogens is 378 g/mol. The number of halogens is 1. The molecule has 1 fully saturated rings. The van der Waals surface area contributed by atoms with Gasteiger partial charge < -0.3 is 15.4 Å². The van der Waals surface area contributed by atoms with E-state index in [1.54, 1.807) is 24.3 Å². The molecule has 0 spiro atoms. The first-order valence-corrected chi connectivity index (χ1v) is 10.2. The second kappa shape index (κ2) is 10.6. The van der Waals surface area contributed by atoms with Crippen LogP contribution in [0.2, 0.25) is 0 Å². The maximum atomic E-state index is 12.1. The van der Waals surface area contributed by atoms with Crippen molar-refractivity contribution in [3.05, 3.63) is 24.3 Å². The molecule has 7 nitrogen and oxygen atoms in total. The topological polar surface area (TPSA) is 96.5 Å². The predicted molar refractivity (Wildman–Crippen MR) is 105 cm³/mol. The molecule has 0 radical (unpaired) electrons. The van der Waals surface area contributed by atoms with Crippen LogP contribution < -0.4 is 20.1 Å². The Morgan fingerprint density at radius 3 is 2.58 bits per heavy atom. The van der Waals surface area contributed by atoms with Crippen LogP contribution >= 0.6 is 12.4 Å². The van der Waals surface area contributed by atoms with Gasteiger partial charge in [-0.3, -0.25) is 9.52 Å². The molecule has 2 rings (SSSR count). The number of nitrogens with one attached hydrogen (secondary N) is 3. The highest BCUT2D eigenvalue weighted by atomic mass is 35.5. The van der Waals surface area contributed by atoms with Crippen molar-refractivity contribution in [3.63, 3.8) is 0 Å². The van der Waals surface area contributed by atoms with Gasteiger partial charge in [0, 0.05) is 12.2 Å². The van der Waals surface area contributed by atoms with Crippen LogP contribution in [0.15, 0.2) is 24.3 Å². The van der Waals surface area contributed by atoms with Crippen LogP contribution in [0.25, 0.3) is 0 Å². The number of sulfonamides is 1. The van der Waals surface area contributed by atoms with Gasteiger partial charge in [0.15, 0.2) is 0 Å². The molecule has 3 N–H and O–H groups in total. The molecule has 148 valence electrons. The van der Waals surface area contributed by atoms with Crippen LogP contribution in [0.1, 0.15) is 26.7 Å². The molecule has 1 amide bonds. The summed E-state index contributed by atoms with van der Waals surface area (Å²) < 4.78 is 32.1. The number of ether oxygens (including phenoxy) is 1. The van der Waals surface area contributed by atoms with Crippen molar-refractivity contribution in [2.24, 2.45) is 5.92 Å². The number of anilines is 1. The lowest BCUT2D eigenvalue weighted by Gasteiger charge is -2.22. The zero-order valence-electron chi connectivity index (χ0n) is 15.2. The van der Waals surface area contributed by atoms with E-state index < -0.39 is 21.7 Å². The van der Waals surface area contributed by atoms with Gasteiger partial charge in [-0.05, 0) is 70.0 Å². The van der Waals surface area contributed by atoms with E-state index >= 15 is 0 Å². The Bertz CT molecular complexity index is 659. The Morgan fingerprint density at radius 1 is 1.31 bits per heavy atom. The third kappa shape index (κ3) is 8.25. The molecule has 0 aromatic heterocycles. The first-order chi connectivity index (χ1) is 11.8. The van der Waals surface area contributed by atoms with Gasteiger partial charge in [0.2, 0.25) is 15.9 Å². The Morgan fingerprint density at radius 2 is 2.00 bits per heavy atom. The van der Waals surface area contributed by atoms with Crippen LogP contribution in [0.5, 0.6) is 5.75 Å². The fourth-order valence-corrected chi connectivity index (χ4v) is 3.68. The van der Waals surface area contributed by atoms with Crippen LogP contribution in [-0.2, 0) is 14.8 Å². The molecule has 9 heteroatoms. The normalized spacial score (nSPS) is 17.3. The van der Waals surface area contributed by atoms with Crippen molar-refractivity contribution in [3.8, 4) is 5.75 Å². The Balaban J connectivity index is 0.00000338. The number of piperidine rings is 1.